The number of rotatable bonds is 12. The molecule has 0 aliphatic carbocycles. The Kier molecular flexibility index (Phi) is 12.4. The minimum atomic E-state index is -0.185. The van der Waals surface area contributed by atoms with Crippen LogP contribution in [0.15, 0.2) is 30.3 Å². The van der Waals surface area contributed by atoms with Gasteiger partial charge >= 0.3 is 5.97 Å². The van der Waals surface area contributed by atoms with Crippen molar-refractivity contribution < 1.29 is 9.53 Å². The van der Waals surface area contributed by atoms with Crippen LogP contribution in [-0.2, 0) is 9.53 Å². The highest BCUT2D eigenvalue weighted by Gasteiger charge is 2.19. The van der Waals surface area contributed by atoms with Crippen LogP contribution >= 0.6 is 0 Å². The van der Waals surface area contributed by atoms with Gasteiger partial charge in [0.15, 0.2) is 6.61 Å². The maximum atomic E-state index is 12.2. The average Bonchev–Trinajstić information content (AvgIpc) is 2.64. The predicted molar refractivity (Wildman–Crippen MR) is 105 cm³/mol. The minimum absolute atomic E-state index is 0.171. The van der Waals surface area contributed by atoms with E-state index in [0.717, 1.165) is 24.8 Å². The quantitative estimate of drug-likeness (QED) is 0.255. The molecule has 25 heavy (non-hydrogen) atoms. The molecule has 2 nitrogen and oxygen atoms in total. The third-order valence-corrected chi connectivity index (χ3v) is 4.46. The lowest BCUT2D eigenvalue weighted by molar-refractivity contribution is -0.144. The maximum Gasteiger partial charge on any atom is 0.314 e. The van der Waals surface area contributed by atoms with Gasteiger partial charge in [-0.1, -0.05) is 101 Å². The van der Waals surface area contributed by atoms with Crippen molar-refractivity contribution in [2.24, 2.45) is 0 Å². The molecule has 0 radical (unpaired) electrons. The van der Waals surface area contributed by atoms with Crippen LogP contribution in [0.25, 0.3) is 0 Å². The number of benzene rings is 1. The van der Waals surface area contributed by atoms with Gasteiger partial charge in [-0.3, -0.25) is 4.79 Å². The molecule has 0 heterocycles. The summed E-state index contributed by atoms with van der Waals surface area (Å²) in [5.74, 6) is 5.74. The molecule has 0 aliphatic heterocycles. The summed E-state index contributed by atoms with van der Waals surface area (Å²) in [6.45, 7) is 4.46. The van der Waals surface area contributed by atoms with Gasteiger partial charge in [-0.2, -0.15) is 0 Å². The van der Waals surface area contributed by atoms with Gasteiger partial charge in [0.1, 0.15) is 0 Å². The molecule has 0 N–H and O–H groups in total. The third kappa shape index (κ3) is 9.97. The second kappa shape index (κ2) is 14.6. The van der Waals surface area contributed by atoms with Crippen LogP contribution in [0.4, 0.5) is 0 Å². The fourth-order valence-electron chi connectivity index (χ4n) is 2.92. The molecule has 0 saturated heterocycles. The number of carbonyl (C=O) groups is 1. The number of unbranched alkanes of at least 4 members (excludes halogenated alkanes) is 8. The lowest BCUT2D eigenvalue weighted by atomic mass is 9.97. The fraction of sp³-hybridized carbons (Fsp3) is 0.609. The molecule has 1 unspecified atom stereocenters. The van der Waals surface area contributed by atoms with Crippen LogP contribution in [0.2, 0.25) is 0 Å². The number of hydrogen-bond acceptors (Lipinski definition) is 2. The van der Waals surface area contributed by atoms with E-state index in [2.05, 4.69) is 18.8 Å². The van der Waals surface area contributed by atoms with Crippen molar-refractivity contribution in [3.8, 4) is 11.8 Å². The first-order valence-corrected chi connectivity index (χ1v) is 9.96. The lowest BCUT2D eigenvalue weighted by Crippen LogP contribution is -2.15. The first-order valence-electron chi connectivity index (χ1n) is 9.96. The molecule has 138 valence electrons. The third-order valence-electron chi connectivity index (χ3n) is 4.46. The van der Waals surface area contributed by atoms with E-state index in [1.54, 1.807) is 0 Å². The highest BCUT2D eigenvalue weighted by atomic mass is 16.5. The molecule has 0 saturated carbocycles. The summed E-state index contributed by atoms with van der Waals surface area (Å²) in [6.07, 6.45) is 12.1. The summed E-state index contributed by atoms with van der Waals surface area (Å²) in [5, 5.41) is 0. The molecule has 1 atom stereocenters. The zero-order valence-corrected chi connectivity index (χ0v) is 16.1. The van der Waals surface area contributed by atoms with E-state index in [9.17, 15) is 4.79 Å². The Hall–Kier alpha value is -1.75. The zero-order chi connectivity index (χ0) is 18.2. The molecule has 1 rings (SSSR count). The lowest BCUT2D eigenvalue weighted by Gasteiger charge is -2.13. The van der Waals surface area contributed by atoms with Crippen molar-refractivity contribution >= 4 is 5.97 Å². The number of ether oxygens (including phenoxy) is 1. The first-order chi connectivity index (χ1) is 12.3. The van der Waals surface area contributed by atoms with Crippen LogP contribution < -0.4 is 0 Å². The molecule has 0 fully saturated rings. The van der Waals surface area contributed by atoms with Gasteiger partial charge in [0.25, 0.3) is 0 Å². The highest BCUT2D eigenvalue weighted by Crippen LogP contribution is 2.20. The Morgan fingerprint density at radius 3 is 2.20 bits per heavy atom. The van der Waals surface area contributed by atoms with E-state index in [4.69, 9.17) is 4.74 Å². The van der Waals surface area contributed by atoms with Gasteiger partial charge in [0, 0.05) is 6.42 Å². The van der Waals surface area contributed by atoms with Crippen LogP contribution in [0.3, 0.4) is 0 Å². The molecular formula is C23H34O2. The molecule has 0 spiro atoms. The van der Waals surface area contributed by atoms with Crippen LogP contribution in [0, 0.1) is 11.8 Å². The van der Waals surface area contributed by atoms with Gasteiger partial charge in [-0.05, 0) is 18.4 Å². The predicted octanol–water partition coefficient (Wildman–Crippen LogP) is 6.26. The smallest absolute Gasteiger partial charge is 0.314 e. The molecular weight excluding hydrogens is 308 g/mol. The molecule has 2 heteroatoms. The fourth-order valence-corrected chi connectivity index (χ4v) is 2.92. The summed E-state index contributed by atoms with van der Waals surface area (Å²) < 4.78 is 5.32. The first kappa shape index (κ1) is 21.3. The van der Waals surface area contributed by atoms with Crippen molar-refractivity contribution in [2.45, 2.75) is 84.0 Å². The SMILES string of the molecule is CCCCCCCCCCC#CCOC(=O)C(CC)c1ccccc1. The largest absolute Gasteiger partial charge is 0.452 e. The zero-order valence-electron chi connectivity index (χ0n) is 16.1. The molecule has 0 amide bonds. The molecule has 1 aromatic rings. The van der Waals surface area contributed by atoms with Crippen LogP contribution in [0.1, 0.15) is 89.5 Å². The van der Waals surface area contributed by atoms with E-state index < -0.39 is 0 Å². The Labute approximate surface area is 154 Å². The summed E-state index contributed by atoms with van der Waals surface area (Å²) in [7, 11) is 0. The van der Waals surface area contributed by atoms with E-state index in [1.807, 2.05) is 37.3 Å². The number of hydrogen-bond donors (Lipinski definition) is 0. The van der Waals surface area contributed by atoms with E-state index in [1.165, 1.54) is 44.9 Å². The van der Waals surface area contributed by atoms with Crippen molar-refractivity contribution in [3.63, 3.8) is 0 Å². The summed E-state index contributed by atoms with van der Waals surface area (Å²) >= 11 is 0. The van der Waals surface area contributed by atoms with E-state index in [-0.39, 0.29) is 18.5 Å². The summed E-state index contributed by atoms with van der Waals surface area (Å²) in [5.41, 5.74) is 1.02. The monoisotopic (exact) mass is 342 g/mol. The minimum Gasteiger partial charge on any atom is -0.452 e. The second-order valence-corrected chi connectivity index (χ2v) is 6.56. The van der Waals surface area contributed by atoms with Gasteiger partial charge in [0.2, 0.25) is 0 Å². The van der Waals surface area contributed by atoms with Crippen molar-refractivity contribution in [1.29, 1.82) is 0 Å². The Balaban J connectivity index is 2.10. The average molecular weight is 343 g/mol. The summed E-state index contributed by atoms with van der Waals surface area (Å²) in [6, 6.07) is 9.81. The maximum absolute atomic E-state index is 12.2. The van der Waals surface area contributed by atoms with Crippen molar-refractivity contribution in [2.75, 3.05) is 6.61 Å². The molecule has 0 aromatic heterocycles. The van der Waals surface area contributed by atoms with E-state index in [0.29, 0.717) is 0 Å². The van der Waals surface area contributed by atoms with Gasteiger partial charge < -0.3 is 4.74 Å². The molecule has 1 aromatic carbocycles. The van der Waals surface area contributed by atoms with Crippen molar-refractivity contribution in [1.82, 2.24) is 0 Å². The van der Waals surface area contributed by atoms with Gasteiger partial charge in [0.05, 0.1) is 5.92 Å². The molecule has 0 bridgehead atoms. The van der Waals surface area contributed by atoms with Crippen LogP contribution in [0.5, 0.6) is 0 Å². The number of carbonyl (C=O) groups excluding carboxylic acids is 1. The number of esters is 1. The van der Waals surface area contributed by atoms with E-state index >= 15 is 0 Å². The normalized spacial score (nSPS) is 11.4. The Morgan fingerprint density at radius 1 is 0.920 bits per heavy atom. The van der Waals surface area contributed by atoms with Gasteiger partial charge in [-0.15, -0.1) is 0 Å². The van der Waals surface area contributed by atoms with Gasteiger partial charge in [-0.25, -0.2) is 0 Å². The molecule has 0 aliphatic rings. The van der Waals surface area contributed by atoms with Crippen molar-refractivity contribution in [3.05, 3.63) is 35.9 Å². The Morgan fingerprint density at radius 2 is 1.56 bits per heavy atom. The standard InChI is InChI=1S/C23H34O2/c1-3-5-6-7-8-9-10-11-12-13-17-20-25-23(24)22(4-2)21-18-15-14-16-19-21/h14-16,18-19,22H,3-12,20H2,1-2H3. The van der Waals surface area contributed by atoms with Crippen LogP contribution in [-0.4, -0.2) is 12.6 Å². The second-order valence-electron chi connectivity index (χ2n) is 6.56. The topological polar surface area (TPSA) is 26.3 Å². The Bertz CT molecular complexity index is 510. The highest BCUT2D eigenvalue weighted by molar-refractivity contribution is 5.78. The summed E-state index contributed by atoms with van der Waals surface area (Å²) in [4.78, 5) is 12.2.